The van der Waals surface area contributed by atoms with E-state index in [4.69, 9.17) is 10.5 Å². The minimum Gasteiger partial charge on any atom is -0.480 e. The number of ether oxygens (including phenoxy) is 1. The fourth-order valence-corrected chi connectivity index (χ4v) is 2.12. The lowest BCUT2D eigenvalue weighted by Gasteiger charge is -2.34. The molecule has 1 aliphatic heterocycles. The maximum atomic E-state index is 12.3. The van der Waals surface area contributed by atoms with Gasteiger partial charge in [-0.2, -0.15) is 0 Å². The summed E-state index contributed by atoms with van der Waals surface area (Å²) in [4.78, 5) is 12.3. The fourth-order valence-electron chi connectivity index (χ4n) is 2.12. The lowest BCUT2D eigenvalue weighted by molar-refractivity contribution is -0.129. The molecule has 2 rings (SSSR count). The van der Waals surface area contributed by atoms with Gasteiger partial charge in [0.1, 0.15) is 5.75 Å². The molecule has 0 saturated heterocycles. The van der Waals surface area contributed by atoms with Crippen molar-refractivity contribution >= 4 is 18.3 Å². The van der Waals surface area contributed by atoms with E-state index in [1.165, 1.54) is 0 Å². The minimum absolute atomic E-state index is 0. The van der Waals surface area contributed by atoms with Crippen LogP contribution in [-0.2, 0) is 11.2 Å². The summed E-state index contributed by atoms with van der Waals surface area (Å²) < 4.78 is 5.69. The van der Waals surface area contributed by atoms with Gasteiger partial charge in [-0.25, -0.2) is 0 Å². The first kappa shape index (κ1) is 16.8. The molecule has 1 amide bonds. The summed E-state index contributed by atoms with van der Waals surface area (Å²) in [7, 11) is 0. The van der Waals surface area contributed by atoms with E-state index < -0.39 is 11.6 Å². The zero-order chi connectivity index (χ0) is 14.0. The molecule has 0 fully saturated rings. The SMILES string of the molecule is CC(C)C(C)(CN)NC(=O)C1Cc2ccccc2O1.Cl. The van der Waals surface area contributed by atoms with Crippen LogP contribution in [0, 0.1) is 5.92 Å². The largest absolute Gasteiger partial charge is 0.480 e. The Kier molecular flexibility index (Phi) is 5.42. The highest BCUT2D eigenvalue weighted by Gasteiger charge is 2.35. The van der Waals surface area contributed by atoms with Crippen LogP contribution in [0.5, 0.6) is 5.75 Å². The van der Waals surface area contributed by atoms with Crippen LogP contribution in [0.1, 0.15) is 26.3 Å². The summed E-state index contributed by atoms with van der Waals surface area (Å²) in [6.07, 6.45) is 0.183. The molecule has 0 aromatic heterocycles. The van der Waals surface area contributed by atoms with Gasteiger partial charge in [0, 0.05) is 13.0 Å². The molecule has 3 N–H and O–H groups in total. The second-order valence-electron chi connectivity index (χ2n) is 5.68. The topological polar surface area (TPSA) is 64.3 Å². The Bertz CT molecular complexity index is 454. The van der Waals surface area contributed by atoms with E-state index in [1.807, 2.05) is 31.2 Å². The van der Waals surface area contributed by atoms with E-state index in [0.717, 1.165) is 11.3 Å². The summed E-state index contributed by atoms with van der Waals surface area (Å²) in [6.45, 7) is 6.49. The summed E-state index contributed by atoms with van der Waals surface area (Å²) in [6, 6.07) is 7.76. The maximum absolute atomic E-state index is 12.3. The number of fused-ring (bicyclic) bond motifs is 1. The monoisotopic (exact) mass is 298 g/mol. The summed E-state index contributed by atoms with van der Waals surface area (Å²) in [5, 5.41) is 3.03. The second kappa shape index (κ2) is 6.46. The van der Waals surface area contributed by atoms with Crippen LogP contribution >= 0.6 is 12.4 Å². The first-order valence-corrected chi connectivity index (χ1v) is 6.73. The number of nitrogens with one attached hydrogen (secondary N) is 1. The molecule has 1 heterocycles. The Morgan fingerprint density at radius 1 is 1.50 bits per heavy atom. The molecule has 4 nitrogen and oxygen atoms in total. The summed E-state index contributed by atoms with van der Waals surface area (Å²) in [5.41, 5.74) is 6.47. The van der Waals surface area contributed by atoms with Crippen molar-refractivity contribution in [2.45, 2.75) is 38.8 Å². The van der Waals surface area contributed by atoms with Gasteiger partial charge < -0.3 is 15.8 Å². The number of nitrogens with two attached hydrogens (primary N) is 1. The lowest BCUT2D eigenvalue weighted by Crippen LogP contribution is -2.57. The molecular weight excluding hydrogens is 276 g/mol. The lowest BCUT2D eigenvalue weighted by atomic mass is 9.88. The Hall–Kier alpha value is -1.26. The molecule has 0 bridgehead atoms. The van der Waals surface area contributed by atoms with Crippen molar-refractivity contribution in [3.05, 3.63) is 29.8 Å². The van der Waals surface area contributed by atoms with E-state index >= 15 is 0 Å². The molecule has 1 aromatic rings. The van der Waals surface area contributed by atoms with Crippen molar-refractivity contribution in [2.24, 2.45) is 11.7 Å². The van der Waals surface area contributed by atoms with Crippen LogP contribution < -0.4 is 15.8 Å². The number of hydrogen-bond donors (Lipinski definition) is 2. The molecule has 5 heteroatoms. The summed E-state index contributed by atoms with van der Waals surface area (Å²) >= 11 is 0. The van der Waals surface area contributed by atoms with Crippen molar-refractivity contribution in [1.82, 2.24) is 5.32 Å². The van der Waals surface area contributed by atoms with Gasteiger partial charge in [0.25, 0.3) is 5.91 Å². The number of benzene rings is 1. The quantitative estimate of drug-likeness (QED) is 0.892. The second-order valence-corrected chi connectivity index (χ2v) is 5.68. The molecule has 20 heavy (non-hydrogen) atoms. The van der Waals surface area contributed by atoms with E-state index in [0.29, 0.717) is 13.0 Å². The average molecular weight is 299 g/mol. The minimum atomic E-state index is -0.443. The zero-order valence-electron chi connectivity index (χ0n) is 12.2. The van der Waals surface area contributed by atoms with Crippen LogP contribution in [0.15, 0.2) is 24.3 Å². The van der Waals surface area contributed by atoms with Crippen LogP contribution in [0.3, 0.4) is 0 Å². The Morgan fingerprint density at radius 2 is 2.15 bits per heavy atom. The van der Waals surface area contributed by atoms with E-state index in [-0.39, 0.29) is 24.2 Å². The third-order valence-electron chi connectivity index (χ3n) is 4.05. The molecule has 2 unspecified atom stereocenters. The molecule has 0 saturated carbocycles. The number of rotatable bonds is 4. The van der Waals surface area contributed by atoms with Gasteiger partial charge in [-0.3, -0.25) is 4.79 Å². The van der Waals surface area contributed by atoms with Gasteiger partial charge in [-0.15, -0.1) is 12.4 Å². The highest BCUT2D eigenvalue weighted by atomic mass is 35.5. The van der Waals surface area contributed by atoms with Crippen LogP contribution in [0.2, 0.25) is 0 Å². The van der Waals surface area contributed by atoms with Crippen LogP contribution in [0.4, 0.5) is 0 Å². The van der Waals surface area contributed by atoms with Gasteiger partial charge in [-0.05, 0) is 24.5 Å². The fraction of sp³-hybridized carbons (Fsp3) is 0.533. The Morgan fingerprint density at radius 3 is 2.70 bits per heavy atom. The maximum Gasteiger partial charge on any atom is 0.261 e. The molecule has 0 radical (unpaired) electrons. The summed E-state index contributed by atoms with van der Waals surface area (Å²) in [5.74, 6) is 0.990. The van der Waals surface area contributed by atoms with Crippen molar-refractivity contribution in [3.63, 3.8) is 0 Å². The average Bonchev–Trinajstić information content (AvgIpc) is 2.82. The van der Waals surface area contributed by atoms with E-state index in [1.54, 1.807) is 0 Å². The molecular formula is C15H23ClN2O2. The highest BCUT2D eigenvalue weighted by Crippen LogP contribution is 2.28. The number of amides is 1. The van der Waals surface area contributed by atoms with Crippen molar-refractivity contribution in [2.75, 3.05) is 6.54 Å². The standard InChI is InChI=1S/C15H22N2O2.ClH/c1-10(2)15(3,9-16)17-14(18)13-8-11-6-4-5-7-12(11)19-13;/h4-7,10,13H,8-9,16H2,1-3H3,(H,17,18);1H. The highest BCUT2D eigenvalue weighted by molar-refractivity contribution is 5.85. The molecule has 112 valence electrons. The van der Waals surface area contributed by atoms with E-state index in [2.05, 4.69) is 19.2 Å². The van der Waals surface area contributed by atoms with Crippen molar-refractivity contribution in [3.8, 4) is 5.75 Å². The number of carbonyl (C=O) groups excluding carboxylic acids is 1. The van der Waals surface area contributed by atoms with Gasteiger partial charge in [0.05, 0.1) is 5.54 Å². The molecule has 0 aliphatic carbocycles. The Labute approximate surface area is 126 Å². The van der Waals surface area contributed by atoms with Gasteiger partial charge in [0.15, 0.2) is 6.10 Å². The van der Waals surface area contributed by atoms with Crippen LogP contribution in [-0.4, -0.2) is 24.1 Å². The molecule has 1 aliphatic rings. The van der Waals surface area contributed by atoms with Gasteiger partial charge >= 0.3 is 0 Å². The normalized spacial score (nSPS) is 19.6. The van der Waals surface area contributed by atoms with Gasteiger partial charge in [0.2, 0.25) is 0 Å². The van der Waals surface area contributed by atoms with E-state index in [9.17, 15) is 4.79 Å². The first-order valence-electron chi connectivity index (χ1n) is 6.73. The number of carbonyl (C=O) groups is 1. The zero-order valence-corrected chi connectivity index (χ0v) is 13.0. The Balaban J connectivity index is 0.00000200. The van der Waals surface area contributed by atoms with Crippen molar-refractivity contribution in [1.29, 1.82) is 0 Å². The number of hydrogen-bond acceptors (Lipinski definition) is 3. The predicted molar refractivity (Wildman–Crippen MR) is 82.3 cm³/mol. The molecule has 1 aromatic carbocycles. The molecule has 2 atom stereocenters. The number of para-hydroxylation sites is 1. The third kappa shape index (κ3) is 3.25. The van der Waals surface area contributed by atoms with Gasteiger partial charge in [-0.1, -0.05) is 32.0 Å². The first-order chi connectivity index (χ1) is 8.96. The number of halogens is 1. The third-order valence-corrected chi connectivity index (χ3v) is 4.05. The van der Waals surface area contributed by atoms with Crippen molar-refractivity contribution < 1.29 is 9.53 Å². The molecule has 0 spiro atoms. The predicted octanol–water partition coefficient (Wildman–Crippen LogP) is 1.90. The van der Waals surface area contributed by atoms with Crippen LogP contribution in [0.25, 0.3) is 0 Å². The smallest absolute Gasteiger partial charge is 0.261 e.